The van der Waals surface area contributed by atoms with Gasteiger partial charge in [0.05, 0.1) is 11.4 Å². The molecule has 6 nitrogen and oxygen atoms in total. The van der Waals surface area contributed by atoms with Crippen LogP contribution in [0.25, 0.3) is 10.2 Å². The maximum Gasteiger partial charge on any atom is 0.240 e. The van der Waals surface area contributed by atoms with Gasteiger partial charge in [-0.2, -0.15) is 4.98 Å². The van der Waals surface area contributed by atoms with E-state index in [1.165, 1.54) is 4.88 Å². The van der Waals surface area contributed by atoms with Crippen LogP contribution < -0.4 is 16.6 Å². The van der Waals surface area contributed by atoms with E-state index >= 15 is 0 Å². The Morgan fingerprint density at radius 1 is 1.29 bits per heavy atom. The molecule has 3 aromatic rings. The lowest BCUT2D eigenvalue weighted by Crippen LogP contribution is -2.13. The Bertz CT molecular complexity index is 779. The monoisotopic (exact) mass is 303 g/mol. The normalized spacial score (nSPS) is 12.6. The first-order chi connectivity index (χ1) is 10.1. The van der Waals surface area contributed by atoms with E-state index in [2.05, 4.69) is 26.8 Å². The minimum Gasteiger partial charge on any atom is -0.464 e. The van der Waals surface area contributed by atoms with Crippen LogP contribution in [0, 0.1) is 13.8 Å². The third-order valence-corrected chi connectivity index (χ3v) is 4.13. The van der Waals surface area contributed by atoms with Crippen LogP contribution in [0.5, 0.6) is 0 Å². The summed E-state index contributed by atoms with van der Waals surface area (Å²) in [6, 6.07) is 5.99. The Labute approximate surface area is 126 Å². The number of nitrogens with one attached hydrogen (secondary N) is 2. The SMILES string of the molecule is Cc1ccc(C(C)Nc2nc(NN)nc3sc(C)cc23)o1. The molecule has 1 atom stereocenters. The van der Waals surface area contributed by atoms with Gasteiger partial charge in [-0.05, 0) is 39.0 Å². The summed E-state index contributed by atoms with van der Waals surface area (Å²) in [6.07, 6.45) is 0. The molecule has 0 aliphatic rings. The lowest BCUT2D eigenvalue weighted by Gasteiger charge is -2.13. The summed E-state index contributed by atoms with van der Waals surface area (Å²) in [6.45, 7) is 6.00. The number of hydrazine groups is 1. The molecular formula is C14H17N5OS. The Morgan fingerprint density at radius 3 is 2.76 bits per heavy atom. The molecule has 0 fully saturated rings. The molecule has 3 rings (SSSR count). The maximum atomic E-state index is 5.65. The minimum atomic E-state index is 0.00244. The van der Waals surface area contributed by atoms with Crippen LogP contribution in [0.2, 0.25) is 0 Å². The van der Waals surface area contributed by atoms with E-state index in [1.807, 2.05) is 32.9 Å². The standard InChI is InChI=1S/C14H17N5OS/c1-7-4-5-11(20-7)9(3)16-12-10-6-8(2)21-13(10)18-14(17-12)19-15/h4-6,9H,15H2,1-3H3,(H2,16,17,18,19). The molecule has 4 N–H and O–H groups in total. The Morgan fingerprint density at radius 2 is 2.10 bits per heavy atom. The number of anilines is 2. The van der Waals surface area contributed by atoms with Crippen molar-refractivity contribution in [2.24, 2.45) is 5.84 Å². The van der Waals surface area contributed by atoms with Crippen molar-refractivity contribution in [1.82, 2.24) is 9.97 Å². The van der Waals surface area contributed by atoms with Gasteiger partial charge in [0.1, 0.15) is 22.2 Å². The van der Waals surface area contributed by atoms with Gasteiger partial charge in [0.2, 0.25) is 5.95 Å². The predicted octanol–water partition coefficient (Wildman–Crippen LogP) is 3.36. The summed E-state index contributed by atoms with van der Waals surface area (Å²) in [5, 5.41) is 4.36. The zero-order chi connectivity index (χ0) is 15.0. The van der Waals surface area contributed by atoms with Gasteiger partial charge in [0.25, 0.3) is 0 Å². The highest BCUT2D eigenvalue weighted by Crippen LogP contribution is 2.31. The van der Waals surface area contributed by atoms with Crippen LogP contribution in [0.4, 0.5) is 11.8 Å². The Hall–Kier alpha value is -2.12. The second-order valence-corrected chi connectivity index (χ2v) is 6.17. The lowest BCUT2D eigenvalue weighted by molar-refractivity contribution is 0.466. The molecule has 0 saturated carbocycles. The van der Waals surface area contributed by atoms with Gasteiger partial charge in [0, 0.05) is 4.88 Å². The molecule has 1 unspecified atom stereocenters. The van der Waals surface area contributed by atoms with Crippen molar-refractivity contribution in [1.29, 1.82) is 0 Å². The summed E-state index contributed by atoms with van der Waals surface area (Å²) < 4.78 is 5.65. The van der Waals surface area contributed by atoms with Crippen molar-refractivity contribution in [3.63, 3.8) is 0 Å². The average Bonchev–Trinajstić information content (AvgIpc) is 3.03. The molecule has 0 aromatic carbocycles. The van der Waals surface area contributed by atoms with Gasteiger partial charge >= 0.3 is 0 Å². The summed E-state index contributed by atoms with van der Waals surface area (Å²) in [7, 11) is 0. The van der Waals surface area contributed by atoms with Crippen molar-refractivity contribution >= 4 is 33.3 Å². The average molecular weight is 303 g/mol. The number of aromatic nitrogens is 2. The highest BCUT2D eigenvalue weighted by molar-refractivity contribution is 7.18. The molecule has 0 saturated heterocycles. The lowest BCUT2D eigenvalue weighted by atomic mass is 10.2. The molecule has 0 amide bonds. The molecule has 3 heterocycles. The number of nitrogens with two attached hydrogens (primary N) is 1. The third-order valence-electron chi connectivity index (χ3n) is 3.19. The van der Waals surface area contributed by atoms with E-state index in [0.717, 1.165) is 27.6 Å². The fraction of sp³-hybridized carbons (Fsp3) is 0.286. The molecular weight excluding hydrogens is 286 g/mol. The number of thiophene rings is 1. The number of furan rings is 1. The fourth-order valence-corrected chi connectivity index (χ4v) is 3.06. The largest absolute Gasteiger partial charge is 0.464 e. The van der Waals surface area contributed by atoms with Crippen LogP contribution >= 0.6 is 11.3 Å². The van der Waals surface area contributed by atoms with E-state index in [0.29, 0.717) is 5.95 Å². The van der Waals surface area contributed by atoms with E-state index in [1.54, 1.807) is 11.3 Å². The number of fused-ring (bicyclic) bond motifs is 1. The van der Waals surface area contributed by atoms with Crippen LogP contribution in [0.1, 0.15) is 29.4 Å². The van der Waals surface area contributed by atoms with E-state index in [-0.39, 0.29) is 6.04 Å². The summed E-state index contributed by atoms with van der Waals surface area (Å²) >= 11 is 1.61. The van der Waals surface area contributed by atoms with Gasteiger partial charge in [0.15, 0.2) is 0 Å². The zero-order valence-electron chi connectivity index (χ0n) is 12.1. The quantitative estimate of drug-likeness (QED) is 0.506. The van der Waals surface area contributed by atoms with Crippen molar-refractivity contribution in [2.45, 2.75) is 26.8 Å². The van der Waals surface area contributed by atoms with E-state index in [9.17, 15) is 0 Å². The van der Waals surface area contributed by atoms with E-state index < -0.39 is 0 Å². The first-order valence-electron chi connectivity index (χ1n) is 6.64. The van der Waals surface area contributed by atoms with Crippen molar-refractivity contribution in [2.75, 3.05) is 10.7 Å². The molecule has 0 aliphatic carbocycles. The highest BCUT2D eigenvalue weighted by Gasteiger charge is 2.15. The number of aryl methyl sites for hydroxylation is 2. The molecule has 110 valence electrons. The third kappa shape index (κ3) is 2.70. The molecule has 0 bridgehead atoms. The molecule has 21 heavy (non-hydrogen) atoms. The second-order valence-electron chi connectivity index (χ2n) is 4.93. The first-order valence-corrected chi connectivity index (χ1v) is 7.46. The summed E-state index contributed by atoms with van der Waals surface area (Å²) in [5.41, 5.74) is 2.51. The summed E-state index contributed by atoms with van der Waals surface area (Å²) in [5.74, 6) is 8.35. The minimum absolute atomic E-state index is 0.00244. The van der Waals surface area contributed by atoms with Gasteiger partial charge in [-0.25, -0.2) is 10.8 Å². The van der Waals surface area contributed by atoms with Gasteiger partial charge in [-0.1, -0.05) is 0 Å². The van der Waals surface area contributed by atoms with Gasteiger partial charge < -0.3 is 9.73 Å². The molecule has 7 heteroatoms. The molecule has 0 aliphatic heterocycles. The van der Waals surface area contributed by atoms with Crippen LogP contribution in [0.15, 0.2) is 22.6 Å². The van der Waals surface area contributed by atoms with Crippen molar-refractivity contribution in [3.05, 3.63) is 34.6 Å². The molecule has 3 aromatic heterocycles. The number of hydrogen-bond donors (Lipinski definition) is 3. The smallest absolute Gasteiger partial charge is 0.240 e. The number of rotatable bonds is 4. The highest BCUT2D eigenvalue weighted by atomic mass is 32.1. The number of hydrogen-bond acceptors (Lipinski definition) is 7. The number of nitrogens with zero attached hydrogens (tertiary/aromatic N) is 2. The topological polar surface area (TPSA) is 89.0 Å². The van der Waals surface area contributed by atoms with Crippen LogP contribution in [-0.4, -0.2) is 9.97 Å². The number of nitrogen functional groups attached to an aromatic ring is 1. The molecule has 0 radical (unpaired) electrons. The summed E-state index contributed by atoms with van der Waals surface area (Å²) in [4.78, 5) is 10.9. The van der Waals surface area contributed by atoms with Crippen molar-refractivity contribution in [3.8, 4) is 0 Å². The maximum absolute atomic E-state index is 5.65. The van der Waals surface area contributed by atoms with Crippen LogP contribution in [-0.2, 0) is 0 Å². The Balaban J connectivity index is 1.98. The van der Waals surface area contributed by atoms with Crippen molar-refractivity contribution < 1.29 is 4.42 Å². The molecule has 0 spiro atoms. The zero-order valence-corrected chi connectivity index (χ0v) is 12.9. The first kappa shape index (κ1) is 13.8. The van der Waals surface area contributed by atoms with Gasteiger partial charge in [-0.3, -0.25) is 5.43 Å². The van der Waals surface area contributed by atoms with Gasteiger partial charge in [-0.15, -0.1) is 11.3 Å². The van der Waals surface area contributed by atoms with E-state index in [4.69, 9.17) is 10.3 Å². The predicted molar refractivity (Wildman–Crippen MR) is 85.4 cm³/mol. The van der Waals surface area contributed by atoms with Crippen LogP contribution in [0.3, 0.4) is 0 Å². The Kier molecular flexibility index (Phi) is 3.52. The second kappa shape index (κ2) is 5.34. The fourth-order valence-electron chi connectivity index (χ4n) is 2.18.